The summed E-state index contributed by atoms with van der Waals surface area (Å²) in [6.45, 7) is 17.3. The van der Waals surface area contributed by atoms with Gasteiger partial charge in [-0.3, -0.25) is 9.78 Å². The van der Waals surface area contributed by atoms with Gasteiger partial charge in [0, 0.05) is 62.6 Å². The number of nitrogens with zero attached hydrogens (tertiary/aromatic N) is 3. The number of pyridine rings is 1. The minimum absolute atomic E-state index is 0.0974. The lowest BCUT2D eigenvalue weighted by atomic mass is 9.94. The molecule has 0 radical (unpaired) electrons. The van der Waals surface area contributed by atoms with E-state index in [1.165, 1.54) is 16.7 Å². The number of fused-ring (bicyclic) bond motifs is 3. The van der Waals surface area contributed by atoms with Gasteiger partial charge in [-0.05, 0) is 86.5 Å². The van der Waals surface area contributed by atoms with Crippen LogP contribution in [0, 0.1) is 0 Å². The van der Waals surface area contributed by atoms with Crippen molar-refractivity contribution >= 4 is 33.9 Å². The second kappa shape index (κ2) is 17.6. The Bertz CT molecular complexity index is 1730. The average Bonchev–Trinajstić information content (AvgIpc) is 3.44. The van der Waals surface area contributed by atoms with Gasteiger partial charge in [0.25, 0.3) is 5.91 Å². The van der Waals surface area contributed by atoms with Crippen molar-refractivity contribution in [1.29, 1.82) is 0 Å². The lowest BCUT2D eigenvalue weighted by Crippen LogP contribution is -2.35. The summed E-state index contributed by atoms with van der Waals surface area (Å²) in [4.78, 5) is 20.5. The van der Waals surface area contributed by atoms with E-state index in [0.29, 0.717) is 18.2 Å². The van der Waals surface area contributed by atoms with Crippen LogP contribution in [0.5, 0.6) is 0 Å². The zero-order valence-corrected chi connectivity index (χ0v) is 28.4. The van der Waals surface area contributed by atoms with Gasteiger partial charge in [0.05, 0.1) is 0 Å². The molecule has 0 aliphatic carbocycles. The number of furan rings is 1. The van der Waals surface area contributed by atoms with Crippen molar-refractivity contribution in [3.8, 4) is 0 Å². The molecule has 2 atom stereocenters. The van der Waals surface area contributed by atoms with Gasteiger partial charge in [0.1, 0.15) is 16.9 Å². The van der Waals surface area contributed by atoms with Gasteiger partial charge in [0.2, 0.25) is 0 Å². The Morgan fingerprint density at radius 3 is 2.54 bits per heavy atom. The third-order valence-corrected chi connectivity index (χ3v) is 7.87. The van der Waals surface area contributed by atoms with Gasteiger partial charge in [0.15, 0.2) is 0 Å². The number of rotatable bonds is 13. The molecule has 0 bridgehead atoms. The minimum atomic E-state index is -0.128. The number of hydrogen-bond donors (Lipinski definition) is 2. The summed E-state index contributed by atoms with van der Waals surface area (Å²) >= 11 is 0. The first kappa shape index (κ1) is 35.6. The molecule has 7 heteroatoms. The normalized spacial score (nSPS) is 12.8. The van der Waals surface area contributed by atoms with Gasteiger partial charge in [-0.15, -0.1) is 5.73 Å². The maximum atomic E-state index is 13.0. The molecule has 2 unspecified atom stereocenters. The molecule has 0 aliphatic heterocycles. The highest BCUT2D eigenvalue weighted by Gasteiger charge is 2.18. The smallest absolute Gasteiger partial charge is 0.271 e. The molecule has 2 aromatic carbocycles. The van der Waals surface area contributed by atoms with Crippen molar-refractivity contribution in [3.63, 3.8) is 0 Å². The van der Waals surface area contributed by atoms with Gasteiger partial charge in [-0.1, -0.05) is 62.9 Å². The molecule has 4 rings (SSSR count). The van der Waals surface area contributed by atoms with Crippen molar-refractivity contribution in [3.05, 3.63) is 126 Å². The van der Waals surface area contributed by atoms with Gasteiger partial charge in [-0.2, -0.15) is 0 Å². The topological polar surface area (TPSA) is 73.6 Å². The molecule has 0 spiro atoms. The van der Waals surface area contributed by atoms with Crippen molar-refractivity contribution in [1.82, 2.24) is 25.4 Å². The summed E-state index contributed by atoms with van der Waals surface area (Å²) < 4.78 is 5.92. The Labute approximate surface area is 274 Å². The van der Waals surface area contributed by atoms with Gasteiger partial charge < -0.3 is 24.9 Å². The van der Waals surface area contributed by atoms with E-state index in [-0.39, 0.29) is 11.9 Å². The van der Waals surface area contributed by atoms with Crippen LogP contribution in [0.1, 0.15) is 62.8 Å². The van der Waals surface area contributed by atoms with E-state index in [2.05, 4.69) is 79.6 Å². The highest BCUT2D eigenvalue weighted by Crippen LogP contribution is 2.31. The Morgan fingerprint density at radius 1 is 1.11 bits per heavy atom. The fourth-order valence-electron chi connectivity index (χ4n) is 5.03. The van der Waals surface area contributed by atoms with Crippen LogP contribution in [0.3, 0.4) is 0 Å². The van der Waals surface area contributed by atoms with Crippen LogP contribution in [0.25, 0.3) is 28.0 Å². The number of amides is 1. The molecule has 1 amide bonds. The Kier molecular flexibility index (Phi) is 13.6. The molecule has 242 valence electrons. The molecular formula is C39H49N5O2. The lowest BCUT2D eigenvalue weighted by molar-refractivity contribution is -0.126. The number of likely N-dealkylation sites (N-methyl/N-ethyl adjacent to an activating group) is 2. The number of carbonyl (C=O) groups is 1. The summed E-state index contributed by atoms with van der Waals surface area (Å²) in [5.74, 6) is 0.466. The third-order valence-electron chi connectivity index (χ3n) is 7.87. The average molecular weight is 620 g/mol. The van der Waals surface area contributed by atoms with Crippen LogP contribution >= 0.6 is 0 Å². The quantitative estimate of drug-likeness (QED) is 0.116. The molecule has 0 saturated carbocycles. The number of carbonyl (C=O) groups excluding carboxylic acids is 1. The number of benzene rings is 2. The second-order valence-corrected chi connectivity index (χ2v) is 11.5. The third kappa shape index (κ3) is 9.58. The van der Waals surface area contributed by atoms with Crippen LogP contribution in [0.4, 0.5) is 0 Å². The molecule has 7 nitrogen and oxygen atoms in total. The first-order valence-corrected chi connectivity index (χ1v) is 15.7. The molecular weight excluding hydrogens is 570 g/mol. The van der Waals surface area contributed by atoms with E-state index in [0.717, 1.165) is 40.5 Å². The largest absolute Gasteiger partial charge is 0.456 e. The molecule has 46 heavy (non-hydrogen) atoms. The fraction of sp³-hybridized carbons (Fsp3) is 0.308. The molecule has 2 heterocycles. The summed E-state index contributed by atoms with van der Waals surface area (Å²) in [6, 6.07) is 16.1. The highest BCUT2D eigenvalue weighted by molar-refractivity contribution is 6.05. The van der Waals surface area contributed by atoms with E-state index >= 15 is 0 Å². The second-order valence-electron chi connectivity index (χ2n) is 11.5. The monoisotopic (exact) mass is 619 g/mol. The molecule has 2 N–H and O–H groups in total. The van der Waals surface area contributed by atoms with E-state index < -0.39 is 0 Å². The number of para-hydroxylation sites is 1. The predicted octanol–water partition coefficient (Wildman–Crippen LogP) is 8.17. The Hall–Kier alpha value is -4.84. The van der Waals surface area contributed by atoms with Gasteiger partial charge >= 0.3 is 0 Å². The Balaban J connectivity index is 0.000000304. The molecule has 4 aromatic rings. The zero-order valence-electron chi connectivity index (χ0n) is 28.4. The van der Waals surface area contributed by atoms with E-state index in [1.807, 2.05) is 63.7 Å². The zero-order chi connectivity index (χ0) is 33.6. The predicted molar refractivity (Wildman–Crippen MR) is 193 cm³/mol. The summed E-state index contributed by atoms with van der Waals surface area (Å²) in [5, 5.41) is 8.66. The maximum absolute atomic E-state index is 13.0. The van der Waals surface area contributed by atoms with Crippen LogP contribution in [0.2, 0.25) is 0 Å². The first-order valence-electron chi connectivity index (χ1n) is 15.7. The fourth-order valence-corrected chi connectivity index (χ4v) is 5.03. The SMILES string of the molecule is C=C=CCN(C)C(=O)/C(=C\N(C)C=C)NC(C)c1ccc2oc3ccccc3c2c1.CCC(C)c1ccncc1/C=C(\C)CNC. The van der Waals surface area contributed by atoms with Crippen molar-refractivity contribution in [2.75, 3.05) is 34.2 Å². The minimum Gasteiger partial charge on any atom is -0.456 e. The summed E-state index contributed by atoms with van der Waals surface area (Å²) in [7, 11) is 5.55. The highest BCUT2D eigenvalue weighted by atomic mass is 16.3. The first-order chi connectivity index (χ1) is 22.1. The standard InChI is InChI=1S/C25H27N3O2.C14H22N2/c1-6-8-15-28(5)25(29)22(17-27(4)7-2)26-18(3)19-13-14-24-21(16-19)20-11-9-10-12-23(20)30-24;1-5-12(3)14-6-7-16-10-13(14)8-11(2)9-15-4/h7-14,16-18,26H,1-2,15H2,3-5H3;6-8,10,12,15H,5,9H2,1-4H3/b22-17+;11-8+. The van der Waals surface area contributed by atoms with Gasteiger partial charge in [-0.25, -0.2) is 0 Å². The van der Waals surface area contributed by atoms with E-state index in [1.54, 1.807) is 35.3 Å². The van der Waals surface area contributed by atoms with Crippen LogP contribution in [-0.4, -0.2) is 54.9 Å². The Morgan fingerprint density at radius 2 is 1.85 bits per heavy atom. The van der Waals surface area contributed by atoms with Crippen molar-refractivity contribution in [2.45, 2.75) is 46.1 Å². The molecule has 2 aromatic heterocycles. The molecule has 0 fully saturated rings. The van der Waals surface area contributed by atoms with Crippen molar-refractivity contribution < 1.29 is 9.21 Å². The van der Waals surface area contributed by atoms with Crippen LogP contribution < -0.4 is 10.6 Å². The lowest BCUT2D eigenvalue weighted by Gasteiger charge is -2.23. The van der Waals surface area contributed by atoms with Crippen molar-refractivity contribution in [2.24, 2.45) is 0 Å². The number of aromatic nitrogens is 1. The maximum Gasteiger partial charge on any atom is 0.271 e. The molecule has 0 aliphatic rings. The summed E-state index contributed by atoms with van der Waals surface area (Å²) in [5.41, 5.74) is 9.93. The van der Waals surface area contributed by atoms with Crippen LogP contribution in [0.15, 0.2) is 114 Å². The molecule has 0 saturated heterocycles. The van der Waals surface area contributed by atoms with Crippen LogP contribution in [-0.2, 0) is 4.79 Å². The van der Waals surface area contributed by atoms with E-state index in [9.17, 15) is 4.79 Å². The number of hydrogen-bond acceptors (Lipinski definition) is 6. The van der Waals surface area contributed by atoms with E-state index in [4.69, 9.17) is 4.42 Å². The summed E-state index contributed by atoms with van der Waals surface area (Å²) in [6.07, 6.45) is 12.3. The number of nitrogens with one attached hydrogen (secondary N) is 2.